The van der Waals surface area contributed by atoms with Crippen LogP contribution in [0.2, 0.25) is 0 Å². The maximum absolute atomic E-state index is 13.0. The van der Waals surface area contributed by atoms with Gasteiger partial charge in [-0.15, -0.1) is 0 Å². The van der Waals surface area contributed by atoms with E-state index in [-0.39, 0.29) is 11.4 Å². The SMILES string of the molecule is CC[C@]1(C)C[C@](CCNCc2ccc(F)cc2)(CCC(C)C)CCO1. The van der Waals surface area contributed by atoms with Gasteiger partial charge in [0.05, 0.1) is 5.60 Å². The van der Waals surface area contributed by atoms with E-state index < -0.39 is 0 Å². The fourth-order valence-corrected chi connectivity index (χ4v) is 4.01. The summed E-state index contributed by atoms with van der Waals surface area (Å²) in [6.45, 7) is 11.9. The smallest absolute Gasteiger partial charge is 0.123 e. The Kier molecular flexibility index (Phi) is 7.45. The fraction of sp³-hybridized carbons (Fsp3) is 0.727. The molecule has 0 unspecified atom stereocenters. The summed E-state index contributed by atoms with van der Waals surface area (Å²) in [5.74, 6) is 0.581. The van der Waals surface area contributed by atoms with Gasteiger partial charge in [-0.3, -0.25) is 0 Å². The first-order chi connectivity index (χ1) is 11.9. The van der Waals surface area contributed by atoms with Crippen LogP contribution in [0.3, 0.4) is 0 Å². The summed E-state index contributed by atoms with van der Waals surface area (Å²) >= 11 is 0. The molecule has 2 nitrogen and oxygen atoms in total. The Morgan fingerprint density at radius 3 is 2.56 bits per heavy atom. The van der Waals surface area contributed by atoms with Crippen molar-refractivity contribution >= 4 is 0 Å². The zero-order valence-corrected chi connectivity index (χ0v) is 16.5. The molecule has 1 aliphatic heterocycles. The molecule has 2 rings (SSSR count). The highest BCUT2D eigenvalue weighted by Crippen LogP contribution is 2.46. The molecular weight excluding hydrogens is 313 g/mol. The molecule has 1 aromatic carbocycles. The van der Waals surface area contributed by atoms with Crippen LogP contribution in [0.25, 0.3) is 0 Å². The number of rotatable bonds is 9. The van der Waals surface area contributed by atoms with Gasteiger partial charge in [0.15, 0.2) is 0 Å². The van der Waals surface area contributed by atoms with E-state index >= 15 is 0 Å². The Balaban J connectivity index is 1.90. The first-order valence-electron chi connectivity index (χ1n) is 9.96. The van der Waals surface area contributed by atoms with E-state index in [1.54, 1.807) is 0 Å². The Hall–Kier alpha value is -0.930. The molecule has 1 saturated heterocycles. The monoisotopic (exact) mass is 349 g/mol. The molecule has 3 heteroatoms. The van der Waals surface area contributed by atoms with Gasteiger partial charge in [-0.05, 0) is 74.6 Å². The Bertz CT molecular complexity index is 515. The lowest BCUT2D eigenvalue weighted by molar-refractivity contribution is -0.122. The minimum atomic E-state index is -0.169. The predicted molar refractivity (Wildman–Crippen MR) is 103 cm³/mol. The molecule has 1 fully saturated rings. The van der Waals surface area contributed by atoms with Crippen LogP contribution in [-0.2, 0) is 11.3 Å². The molecule has 0 spiro atoms. The van der Waals surface area contributed by atoms with Crippen LogP contribution in [0.5, 0.6) is 0 Å². The highest BCUT2D eigenvalue weighted by Gasteiger charge is 2.41. The van der Waals surface area contributed by atoms with Crippen molar-refractivity contribution in [1.29, 1.82) is 0 Å². The highest BCUT2D eigenvalue weighted by atomic mass is 19.1. The van der Waals surface area contributed by atoms with E-state index in [0.717, 1.165) is 37.6 Å². The summed E-state index contributed by atoms with van der Waals surface area (Å²) in [7, 11) is 0. The van der Waals surface area contributed by atoms with Crippen molar-refractivity contribution in [3.63, 3.8) is 0 Å². The van der Waals surface area contributed by atoms with Crippen LogP contribution < -0.4 is 5.32 Å². The van der Waals surface area contributed by atoms with Crippen LogP contribution in [-0.4, -0.2) is 18.8 Å². The second kappa shape index (κ2) is 9.14. The van der Waals surface area contributed by atoms with Crippen molar-refractivity contribution in [2.75, 3.05) is 13.2 Å². The normalized spacial score (nSPS) is 27.0. The molecule has 0 bridgehead atoms. The van der Waals surface area contributed by atoms with E-state index in [2.05, 4.69) is 33.0 Å². The molecule has 1 heterocycles. The van der Waals surface area contributed by atoms with Gasteiger partial charge in [-0.2, -0.15) is 0 Å². The Labute approximate surface area is 153 Å². The van der Waals surface area contributed by atoms with E-state index in [4.69, 9.17) is 4.74 Å². The average molecular weight is 350 g/mol. The minimum absolute atomic E-state index is 0.0339. The van der Waals surface area contributed by atoms with Crippen molar-refractivity contribution < 1.29 is 9.13 Å². The topological polar surface area (TPSA) is 21.3 Å². The third kappa shape index (κ3) is 6.38. The third-order valence-corrected chi connectivity index (χ3v) is 5.91. The van der Waals surface area contributed by atoms with Crippen molar-refractivity contribution in [3.05, 3.63) is 35.6 Å². The summed E-state index contributed by atoms with van der Waals surface area (Å²) in [6.07, 6.45) is 7.20. The van der Waals surface area contributed by atoms with Crippen LogP contribution in [0.15, 0.2) is 24.3 Å². The van der Waals surface area contributed by atoms with Gasteiger partial charge in [-0.1, -0.05) is 39.3 Å². The third-order valence-electron chi connectivity index (χ3n) is 5.91. The maximum Gasteiger partial charge on any atom is 0.123 e. The molecule has 0 saturated carbocycles. The first kappa shape index (κ1) is 20.4. The summed E-state index contributed by atoms with van der Waals surface area (Å²) < 4.78 is 19.1. The van der Waals surface area contributed by atoms with Gasteiger partial charge in [0.1, 0.15) is 5.82 Å². The van der Waals surface area contributed by atoms with Crippen molar-refractivity contribution in [1.82, 2.24) is 5.32 Å². The molecule has 0 aliphatic carbocycles. The molecule has 1 aliphatic rings. The van der Waals surface area contributed by atoms with E-state index in [0.29, 0.717) is 5.41 Å². The van der Waals surface area contributed by atoms with Crippen molar-refractivity contribution in [3.8, 4) is 0 Å². The number of benzene rings is 1. The van der Waals surface area contributed by atoms with Gasteiger partial charge < -0.3 is 10.1 Å². The second-order valence-electron chi connectivity index (χ2n) is 8.56. The lowest BCUT2D eigenvalue weighted by atomic mass is 9.67. The van der Waals surface area contributed by atoms with Crippen molar-refractivity contribution in [2.45, 2.75) is 78.4 Å². The molecule has 0 radical (unpaired) electrons. The summed E-state index contributed by atoms with van der Waals surface area (Å²) in [5, 5.41) is 3.56. The number of hydrogen-bond acceptors (Lipinski definition) is 2. The Morgan fingerprint density at radius 2 is 1.92 bits per heavy atom. The maximum atomic E-state index is 13.0. The summed E-state index contributed by atoms with van der Waals surface area (Å²) in [4.78, 5) is 0. The predicted octanol–water partition coefficient (Wildman–Crippen LogP) is 5.71. The van der Waals surface area contributed by atoms with Crippen LogP contribution in [0, 0.1) is 17.2 Å². The van der Waals surface area contributed by atoms with Gasteiger partial charge in [0, 0.05) is 13.2 Å². The highest BCUT2D eigenvalue weighted by molar-refractivity contribution is 5.15. The van der Waals surface area contributed by atoms with Gasteiger partial charge in [0.2, 0.25) is 0 Å². The summed E-state index contributed by atoms with van der Waals surface area (Å²) in [5.41, 5.74) is 1.57. The molecule has 2 atom stereocenters. The van der Waals surface area contributed by atoms with E-state index in [1.807, 2.05) is 12.1 Å². The number of ether oxygens (including phenoxy) is 1. The fourth-order valence-electron chi connectivity index (χ4n) is 4.01. The number of nitrogens with one attached hydrogen (secondary N) is 1. The molecule has 0 aromatic heterocycles. The van der Waals surface area contributed by atoms with Crippen LogP contribution in [0.4, 0.5) is 4.39 Å². The van der Waals surface area contributed by atoms with Crippen LogP contribution >= 0.6 is 0 Å². The quantitative estimate of drug-likeness (QED) is 0.577. The molecular formula is C22H36FNO. The molecule has 1 N–H and O–H groups in total. The molecule has 25 heavy (non-hydrogen) atoms. The summed E-state index contributed by atoms with van der Waals surface area (Å²) in [6, 6.07) is 6.79. The first-order valence-corrected chi connectivity index (χ1v) is 9.96. The molecule has 1 aromatic rings. The number of halogens is 1. The minimum Gasteiger partial charge on any atom is -0.375 e. The van der Waals surface area contributed by atoms with E-state index in [9.17, 15) is 4.39 Å². The van der Waals surface area contributed by atoms with Crippen molar-refractivity contribution in [2.24, 2.45) is 11.3 Å². The van der Waals surface area contributed by atoms with Gasteiger partial charge in [0.25, 0.3) is 0 Å². The Morgan fingerprint density at radius 1 is 1.20 bits per heavy atom. The molecule has 0 amide bonds. The second-order valence-corrected chi connectivity index (χ2v) is 8.56. The van der Waals surface area contributed by atoms with E-state index in [1.165, 1.54) is 44.2 Å². The largest absolute Gasteiger partial charge is 0.375 e. The zero-order valence-electron chi connectivity index (χ0n) is 16.5. The number of hydrogen-bond donors (Lipinski definition) is 1. The standard InChI is InChI=1S/C22H36FNO/c1-5-21(4)17-22(13-15-25-21,11-10-18(2)3)12-14-24-16-19-6-8-20(23)9-7-19/h6-9,18,24H,5,10-17H2,1-4H3/t21-,22+/m1/s1. The lowest BCUT2D eigenvalue weighted by Gasteiger charge is -2.47. The average Bonchev–Trinajstić information content (AvgIpc) is 2.59. The van der Waals surface area contributed by atoms with Crippen LogP contribution in [0.1, 0.15) is 71.8 Å². The lowest BCUT2D eigenvalue weighted by Crippen LogP contribution is -2.44. The molecule has 142 valence electrons. The van der Waals surface area contributed by atoms with Gasteiger partial charge >= 0.3 is 0 Å². The zero-order chi connectivity index (χ0) is 18.3. The van der Waals surface area contributed by atoms with Gasteiger partial charge in [-0.25, -0.2) is 4.39 Å².